The highest BCUT2D eigenvalue weighted by Gasteiger charge is 2.20. The molecular weight excluding hydrogens is 387 g/mol. The van der Waals surface area contributed by atoms with Gasteiger partial charge in [-0.2, -0.15) is 9.64 Å². The van der Waals surface area contributed by atoms with Crippen LogP contribution in [0.3, 0.4) is 0 Å². The van der Waals surface area contributed by atoms with E-state index in [0.717, 1.165) is 17.1 Å². The average molecular weight is 396 g/mol. The van der Waals surface area contributed by atoms with Crippen LogP contribution in [0.1, 0.15) is 11.1 Å². The summed E-state index contributed by atoms with van der Waals surface area (Å²) in [5.74, 6) is 0.580. The Bertz CT molecular complexity index is 963. The molecule has 0 aliphatic rings. The van der Waals surface area contributed by atoms with Crippen molar-refractivity contribution in [2.24, 2.45) is 0 Å². The maximum atomic E-state index is 9.54. The third kappa shape index (κ3) is 3.35. The highest BCUT2D eigenvalue weighted by Crippen LogP contribution is 2.40. The molecule has 1 heterocycles. The van der Waals surface area contributed by atoms with E-state index < -0.39 is 0 Å². The summed E-state index contributed by atoms with van der Waals surface area (Å²) in [6, 6.07) is 12.5. The van der Waals surface area contributed by atoms with E-state index in [1.54, 1.807) is 30.3 Å². The summed E-state index contributed by atoms with van der Waals surface area (Å²) in [6.45, 7) is 1.90. The minimum absolute atomic E-state index is 0.323. The van der Waals surface area contributed by atoms with Gasteiger partial charge in [0.15, 0.2) is 0 Å². The predicted molar refractivity (Wildman–Crippen MR) is 98.5 cm³/mol. The molecule has 24 heavy (non-hydrogen) atoms. The molecule has 0 unspecified atom stereocenters. The minimum Gasteiger partial charge on any atom is -0.443 e. The van der Waals surface area contributed by atoms with E-state index in [9.17, 15) is 5.26 Å². The van der Waals surface area contributed by atoms with Crippen LogP contribution in [0.15, 0.2) is 36.4 Å². The second-order valence-electron chi connectivity index (χ2n) is 4.94. The van der Waals surface area contributed by atoms with Gasteiger partial charge in [0, 0.05) is 27.1 Å². The molecule has 2 aromatic carbocycles. The van der Waals surface area contributed by atoms with E-state index in [1.165, 1.54) is 0 Å². The normalized spacial score (nSPS) is 10.5. The standard InChI is InChI=1S/C17H9Cl3N2OS/c1-9-2-3-11(19)7-15(9)23-17-13(8-21)16(22-24-17)12-5-4-10(18)6-14(12)20/h2-7H,1H3. The molecule has 0 saturated carbocycles. The molecule has 0 spiro atoms. The molecule has 1 aromatic heterocycles. The Morgan fingerprint density at radius 1 is 1.08 bits per heavy atom. The lowest BCUT2D eigenvalue weighted by atomic mass is 10.1. The van der Waals surface area contributed by atoms with Crippen LogP contribution in [0, 0.1) is 18.3 Å². The highest BCUT2D eigenvalue weighted by molar-refractivity contribution is 7.08. The lowest BCUT2D eigenvalue weighted by Gasteiger charge is -2.07. The second-order valence-corrected chi connectivity index (χ2v) is 6.96. The summed E-state index contributed by atoms with van der Waals surface area (Å²) in [6.07, 6.45) is 0. The van der Waals surface area contributed by atoms with Gasteiger partial charge in [0.1, 0.15) is 23.1 Å². The number of rotatable bonds is 3. The Balaban J connectivity index is 2.04. The molecule has 0 atom stereocenters. The van der Waals surface area contributed by atoms with Gasteiger partial charge in [0.05, 0.1) is 5.02 Å². The van der Waals surface area contributed by atoms with Crippen molar-refractivity contribution in [3.63, 3.8) is 0 Å². The second kappa shape index (κ2) is 7.00. The molecule has 0 bridgehead atoms. The first-order valence-corrected chi connectivity index (χ1v) is 8.69. The molecule has 0 N–H and O–H groups in total. The van der Waals surface area contributed by atoms with Crippen LogP contribution in [0.5, 0.6) is 10.8 Å². The SMILES string of the molecule is Cc1ccc(Cl)cc1Oc1snc(-c2ccc(Cl)cc2Cl)c1C#N. The van der Waals surface area contributed by atoms with E-state index in [4.69, 9.17) is 39.5 Å². The van der Waals surface area contributed by atoms with Crippen LogP contribution in [-0.2, 0) is 0 Å². The third-order valence-corrected chi connectivity index (χ3v) is 4.82. The van der Waals surface area contributed by atoms with Crippen molar-refractivity contribution >= 4 is 46.3 Å². The van der Waals surface area contributed by atoms with E-state index in [2.05, 4.69) is 10.4 Å². The number of aromatic nitrogens is 1. The number of halogens is 3. The van der Waals surface area contributed by atoms with Gasteiger partial charge in [-0.15, -0.1) is 0 Å². The van der Waals surface area contributed by atoms with Crippen LogP contribution < -0.4 is 4.74 Å². The monoisotopic (exact) mass is 394 g/mol. The molecule has 0 aliphatic carbocycles. The van der Waals surface area contributed by atoms with Gasteiger partial charge >= 0.3 is 0 Å². The minimum atomic E-state index is 0.323. The Labute approximate surface area is 158 Å². The van der Waals surface area contributed by atoms with Crippen LogP contribution in [0.2, 0.25) is 15.1 Å². The van der Waals surface area contributed by atoms with Gasteiger partial charge in [-0.05, 0) is 42.8 Å². The number of benzene rings is 2. The molecule has 3 aromatic rings. The first kappa shape index (κ1) is 17.1. The number of hydrogen-bond donors (Lipinski definition) is 0. The zero-order valence-corrected chi connectivity index (χ0v) is 15.4. The third-order valence-electron chi connectivity index (χ3n) is 3.31. The van der Waals surface area contributed by atoms with Gasteiger partial charge in [-0.1, -0.05) is 40.9 Å². The number of aryl methyl sites for hydroxylation is 1. The molecule has 0 radical (unpaired) electrons. The van der Waals surface area contributed by atoms with E-state index in [1.807, 2.05) is 13.0 Å². The van der Waals surface area contributed by atoms with Crippen LogP contribution >= 0.6 is 46.3 Å². The lowest BCUT2D eigenvalue weighted by molar-refractivity contribution is 0.491. The first-order valence-electron chi connectivity index (χ1n) is 6.79. The summed E-state index contributed by atoms with van der Waals surface area (Å²) in [5.41, 5.74) is 2.33. The summed E-state index contributed by atoms with van der Waals surface area (Å²) in [4.78, 5) is 0. The van der Waals surface area contributed by atoms with Gasteiger partial charge in [0.2, 0.25) is 5.06 Å². The van der Waals surface area contributed by atoms with Crippen molar-refractivity contribution in [1.29, 1.82) is 5.26 Å². The summed E-state index contributed by atoms with van der Waals surface area (Å²) in [7, 11) is 0. The zero-order chi connectivity index (χ0) is 17.3. The quantitative estimate of drug-likeness (QED) is 0.493. The number of ether oxygens (including phenoxy) is 1. The molecule has 0 fully saturated rings. The Morgan fingerprint density at radius 2 is 1.79 bits per heavy atom. The summed E-state index contributed by atoms with van der Waals surface area (Å²) < 4.78 is 10.2. The smallest absolute Gasteiger partial charge is 0.218 e. The lowest BCUT2D eigenvalue weighted by Crippen LogP contribution is -1.89. The number of hydrogen-bond acceptors (Lipinski definition) is 4. The van der Waals surface area contributed by atoms with Crippen molar-refractivity contribution in [2.75, 3.05) is 0 Å². The molecular formula is C17H9Cl3N2OS. The van der Waals surface area contributed by atoms with E-state index >= 15 is 0 Å². The van der Waals surface area contributed by atoms with E-state index in [-0.39, 0.29) is 0 Å². The van der Waals surface area contributed by atoms with Crippen molar-refractivity contribution in [3.8, 4) is 28.1 Å². The average Bonchev–Trinajstić information content (AvgIpc) is 2.93. The fourth-order valence-corrected chi connectivity index (χ4v) is 3.48. The number of nitriles is 1. The first-order chi connectivity index (χ1) is 11.5. The summed E-state index contributed by atoms with van der Waals surface area (Å²) >= 11 is 19.2. The Kier molecular flexibility index (Phi) is 4.98. The van der Waals surface area contributed by atoms with Gasteiger partial charge in [0.25, 0.3) is 0 Å². The summed E-state index contributed by atoms with van der Waals surface area (Å²) in [5, 5.41) is 11.4. The molecule has 120 valence electrons. The van der Waals surface area contributed by atoms with Gasteiger partial charge in [-0.25, -0.2) is 0 Å². The van der Waals surface area contributed by atoms with Gasteiger partial charge < -0.3 is 4.74 Å². The molecule has 0 saturated heterocycles. The molecule has 3 rings (SSSR count). The van der Waals surface area contributed by atoms with Crippen LogP contribution in [-0.4, -0.2) is 4.37 Å². The predicted octanol–water partition coefficient (Wildman–Crippen LogP) is 6.74. The largest absolute Gasteiger partial charge is 0.443 e. The van der Waals surface area contributed by atoms with Crippen molar-refractivity contribution in [3.05, 3.63) is 62.6 Å². The van der Waals surface area contributed by atoms with Crippen LogP contribution in [0.4, 0.5) is 0 Å². The fraction of sp³-hybridized carbons (Fsp3) is 0.0588. The molecule has 3 nitrogen and oxygen atoms in total. The zero-order valence-electron chi connectivity index (χ0n) is 12.3. The Morgan fingerprint density at radius 3 is 2.50 bits per heavy atom. The molecule has 0 amide bonds. The maximum absolute atomic E-state index is 9.54. The van der Waals surface area contributed by atoms with Crippen molar-refractivity contribution < 1.29 is 4.74 Å². The fourth-order valence-electron chi connectivity index (χ4n) is 2.09. The van der Waals surface area contributed by atoms with Crippen molar-refractivity contribution in [1.82, 2.24) is 4.37 Å². The molecule has 7 heteroatoms. The maximum Gasteiger partial charge on any atom is 0.218 e. The number of nitrogens with zero attached hydrogens (tertiary/aromatic N) is 2. The van der Waals surface area contributed by atoms with Crippen molar-refractivity contribution in [2.45, 2.75) is 6.92 Å². The molecule has 0 aliphatic heterocycles. The highest BCUT2D eigenvalue weighted by atomic mass is 35.5. The topological polar surface area (TPSA) is 45.9 Å². The van der Waals surface area contributed by atoms with E-state index in [0.29, 0.717) is 42.7 Å². The van der Waals surface area contributed by atoms with Gasteiger partial charge in [-0.3, -0.25) is 0 Å². The van der Waals surface area contributed by atoms with Crippen LogP contribution in [0.25, 0.3) is 11.3 Å². The Hall–Kier alpha value is -1.77.